The third-order valence-corrected chi connectivity index (χ3v) is 7.92. The lowest BCUT2D eigenvalue weighted by atomic mass is 10.1. The highest BCUT2D eigenvalue weighted by Gasteiger charge is 2.31. The zero-order valence-corrected chi connectivity index (χ0v) is 20.0. The molecule has 2 aliphatic heterocycles. The van der Waals surface area contributed by atoms with Gasteiger partial charge in [0.2, 0.25) is 22.7 Å². The fraction of sp³-hybridized carbons (Fsp3) is 0.435. The number of fused-ring (bicyclic) bond motifs is 1. The first kappa shape index (κ1) is 24.2. The maximum absolute atomic E-state index is 13.8. The van der Waals surface area contributed by atoms with Crippen molar-refractivity contribution in [3.8, 4) is 17.2 Å². The van der Waals surface area contributed by atoms with E-state index in [1.807, 2.05) is 18.2 Å². The Morgan fingerprint density at radius 3 is 2.53 bits per heavy atom. The zero-order chi connectivity index (χ0) is 24.3. The van der Waals surface area contributed by atoms with Crippen molar-refractivity contribution < 1.29 is 31.8 Å². The number of amides is 1. The van der Waals surface area contributed by atoms with Crippen molar-refractivity contribution in [1.29, 1.82) is 0 Å². The van der Waals surface area contributed by atoms with Crippen LogP contribution in [0.1, 0.15) is 12.5 Å². The van der Waals surface area contributed by atoms with Crippen molar-refractivity contribution in [2.24, 2.45) is 0 Å². The third kappa shape index (κ3) is 5.11. The van der Waals surface area contributed by atoms with Gasteiger partial charge in [0.25, 0.3) is 0 Å². The Balaban J connectivity index is 1.36. The van der Waals surface area contributed by atoms with Gasteiger partial charge in [0, 0.05) is 39.3 Å². The standard InChI is InChI=1S/C23H28FN3O6S/c1-3-27(34(29,30)22-13-18(24)5-7-20(22)31-2)15-23(28)26-10-8-25(9-11-26)14-17-4-6-19-21(12-17)33-16-32-19/h4-7,12-13H,3,8-11,14-16H2,1-2H3. The van der Waals surface area contributed by atoms with Crippen LogP contribution >= 0.6 is 0 Å². The topological polar surface area (TPSA) is 88.6 Å². The van der Waals surface area contributed by atoms with Crippen LogP contribution in [0.15, 0.2) is 41.3 Å². The van der Waals surface area contributed by atoms with Gasteiger partial charge in [-0.2, -0.15) is 4.31 Å². The molecule has 1 fully saturated rings. The zero-order valence-electron chi connectivity index (χ0n) is 19.2. The van der Waals surface area contributed by atoms with Gasteiger partial charge in [0.1, 0.15) is 16.5 Å². The molecule has 0 unspecified atom stereocenters. The summed E-state index contributed by atoms with van der Waals surface area (Å²) in [5.41, 5.74) is 1.09. The quantitative estimate of drug-likeness (QED) is 0.555. The fourth-order valence-electron chi connectivity index (χ4n) is 4.06. The van der Waals surface area contributed by atoms with Gasteiger partial charge in [-0.05, 0) is 35.9 Å². The summed E-state index contributed by atoms with van der Waals surface area (Å²) in [5, 5.41) is 0. The van der Waals surface area contributed by atoms with Gasteiger partial charge in [-0.3, -0.25) is 9.69 Å². The minimum atomic E-state index is -4.12. The summed E-state index contributed by atoms with van der Waals surface area (Å²) in [7, 11) is -2.80. The van der Waals surface area contributed by atoms with Crippen molar-refractivity contribution in [1.82, 2.24) is 14.1 Å². The third-order valence-electron chi connectivity index (χ3n) is 5.98. The number of ether oxygens (including phenoxy) is 3. The summed E-state index contributed by atoms with van der Waals surface area (Å²) in [6.45, 7) is 4.64. The molecule has 0 spiro atoms. The molecule has 1 saturated heterocycles. The molecule has 184 valence electrons. The number of piperazine rings is 1. The Bertz CT molecular complexity index is 1150. The summed E-state index contributed by atoms with van der Waals surface area (Å²) in [6, 6.07) is 9.15. The molecule has 0 atom stereocenters. The molecule has 1 amide bonds. The Morgan fingerprint density at radius 2 is 1.82 bits per heavy atom. The highest BCUT2D eigenvalue weighted by atomic mass is 32.2. The van der Waals surface area contributed by atoms with Crippen LogP contribution in [0.5, 0.6) is 17.2 Å². The first-order chi connectivity index (χ1) is 16.3. The number of sulfonamides is 1. The number of likely N-dealkylation sites (N-methyl/N-ethyl adjacent to an activating group) is 1. The molecule has 34 heavy (non-hydrogen) atoms. The average Bonchev–Trinajstić information content (AvgIpc) is 3.30. The second-order valence-electron chi connectivity index (χ2n) is 8.07. The smallest absolute Gasteiger partial charge is 0.247 e. The van der Waals surface area contributed by atoms with Crippen molar-refractivity contribution >= 4 is 15.9 Å². The lowest BCUT2D eigenvalue weighted by molar-refractivity contribution is -0.133. The first-order valence-corrected chi connectivity index (χ1v) is 12.5. The monoisotopic (exact) mass is 493 g/mol. The van der Waals surface area contributed by atoms with E-state index in [-0.39, 0.29) is 36.4 Å². The van der Waals surface area contributed by atoms with E-state index in [1.165, 1.54) is 13.2 Å². The molecule has 2 aliphatic rings. The van der Waals surface area contributed by atoms with Gasteiger partial charge in [-0.15, -0.1) is 0 Å². The average molecular weight is 494 g/mol. The lowest BCUT2D eigenvalue weighted by Crippen LogP contribution is -2.51. The Kier molecular flexibility index (Phi) is 7.24. The van der Waals surface area contributed by atoms with E-state index in [4.69, 9.17) is 14.2 Å². The van der Waals surface area contributed by atoms with Crippen molar-refractivity contribution in [3.63, 3.8) is 0 Å². The molecule has 0 N–H and O–H groups in total. The Morgan fingerprint density at radius 1 is 1.09 bits per heavy atom. The molecule has 0 bridgehead atoms. The van der Waals surface area contributed by atoms with E-state index in [0.717, 1.165) is 33.5 Å². The van der Waals surface area contributed by atoms with Crippen molar-refractivity contribution in [2.75, 3.05) is 53.2 Å². The van der Waals surface area contributed by atoms with E-state index < -0.39 is 15.8 Å². The van der Waals surface area contributed by atoms with Crippen LogP contribution in [0.25, 0.3) is 0 Å². The van der Waals surface area contributed by atoms with Gasteiger partial charge >= 0.3 is 0 Å². The van der Waals surface area contributed by atoms with Crippen LogP contribution in [-0.2, 0) is 21.4 Å². The normalized spacial score (nSPS) is 16.2. The Labute approximate surface area is 198 Å². The maximum Gasteiger partial charge on any atom is 0.247 e. The number of nitrogens with zero attached hydrogens (tertiary/aromatic N) is 3. The van der Waals surface area contributed by atoms with E-state index in [1.54, 1.807) is 11.8 Å². The molecule has 0 aliphatic carbocycles. The number of rotatable bonds is 8. The van der Waals surface area contributed by atoms with Crippen LogP contribution in [-0.4, -0.2) is 81.6 Å². The van der Waals surface area contributed by atoms with Crippen molar-refractivity contribution in [2.45, 2.75) is 18.4 Å². The van der Waals surface area contributed by atoms with Crippen LogP contribution in [0.3, 0.4) is 0 Å². The lowest BCUT2D eigenvalue weighted by Gasteiger charge is -2.35. The Hall–Kier alpha value is -2.89. The molecule has 0 saturated carbocycles. The van der Waals surface area contributed by atoms with Gasteiger partial charge in [-0.25, -0.2) is 12.8 Å². The second kappa shape index (κ2) is 10.2. The number of hydrogen-bond donors (Lipinski definition) is 0. The van der Waals surface area contributed by atoms with Crippen molar-refractivity contribution in [3.05, 3.63) is 47.8 Å². The van der Waals surface area contributed by atoms with E-state index >= 15 is 0 Å². The summed E-state index contributed by atoms with van der Waals surface area (Å²) in [5.74, 6) is 0.529. The minimum absolute atomic E-state index is 0.0319. The number of methoxy groups -OCH3 is 1. The molecule has 4 rings (SSSR count). The summed E-state index contributed by atoms with van der Waals surface area (Å²) >= 11 is 0. The van der Waals surface area contributed by atoms with Gasteiger partial charge in [0.05, 0.1) is 13.7 Å². The molecule has 9 nitrogen and oxygen atoms in total. The van der Waals surface area contributed by atoms with E-state index in [9.17, 15) is 17.6 Å². The molecule has 11 heteroatoms. The maximum atomic E-state index is 13.8. The van der Waals surface area contributed by atoms with Gasteiger partial charge in [-0.1, -0.05) is 13.0 Å². The largest absolute Gasteiger partial charge is 0.495 e. The molecular formula is C23H28FN3O6S. The minimum Gasteiger partial charge on any atom is -0.495 e. The fourth-order valence-corrected chi connectivity index (χ4v) is 5.63. The summed E-state index contributed by atoms with van der Waals surface area (Å²) < 4.78 is 56.9. The van der Waals surface area contributed by atoms with E-state index in [0.29, 0.717) is 32.7 Å². The molecular weight excluding hydrogens is 465 g/mol. The number of hydrogen-bond acceptors (Lipinski definition) is 7. The first-order valence-electron chi connectivity index (χ1n) is 11.0. The molecule has 0 radical (unpaired) electrons. The molecule has 2 aromatic carbocycles. The SMILES string of the molecule is CCN(CC(=O)N1CCN(Cc2ccc3c(c2)OCO3)CC1)S(=O)(=O)c1cc(F)ccc1OC. The summed E-state index contributed by atoms with van der Waals surface area (Å²) in [4.78, 5) is 16.5. The van der Waals surface area contributed by atoms with Gasteiger partial charge < -0.3 is 19.1 Å². The second-order valence-corrected chi connectivity index (χ2v) is 9.98. The van der Waals surface area contributed by atoms with Crippen LogP contribution in [0.2, 0.25) is 0 Å². The predicted molar refractivity (Wildman–Crippen MR) is 122 cm³/mol. The number of carbonyl (C=O) groups is 1. The molecule has 0 aromatic heterocycles. The number of halogens is 1. The van der Waals surface area contributed by atoms with E-state index in [2.05, 4.69) is 4.90 Å². The summed E-state index contributed by atoms with van der Waals surface area (Å²) in [6.07, 6.45) is 0. The highest BCUT2D eigenvalue weighted by molar-refractivity contribution is 7.89. The number of benzene rings is 2. The van der Waals surface area contributed by atoms with Gasteiger partial charge in [0.15, 0.2) is 11.5 Å². The molecule has 2 heterocycles. The highest BCUT2D eigenvalue weighted by Crippen LogP contribution is 2.33. The van der Waals surface area contributed by atoms with Crippen LogP contribution in [0, 0.1) is 5.82 Å². The molecule has 2 aromatic rings. The predicted octanol–water partition coefficient (Wildman–Crippen LogP) is 1.92. The van der Waals surface area contributed by atoms with Crippen LogP contribution < -0.4 is 14.2 Å². The van der Waals surface area contributed by atoms with Crippen LogP contribution in [0.4, 0.5) is 4.39 Å². The number of carbonyl (C=O) groups excluding carboxylic acids is 1.